The van der Waals surface area contributed by atoms with E-state index in [1.165, 1.54) is 10.5 Å². The second-order valence-corrected chi connectivity index (χ2v) is 8.02. The average molecular weight is 370 g/mol. The molecule has 146 valence electrons. The lowest BCUT2D eigenvalue weighted by Crippen LogP contribution is -2.50. The van der Waals surface area contributed by atoms with Crippen LogP contribution in [0.3, 0.4) is 0 Å². The Morgan fingerprint density at radius 3 is 2.33 bits per heavy atom. The molecule has 0 N–H and O–H groups in total. The lowest BCUT2D eigenvalue weighted by molar-refractivity contribution is -0.141. The van der Waals surface area contributed by atoms with Crippen molar-refractivity contribution in [3.05, 3.63) is 29.8 Å². The van der Waals surface area contributed by atoms with Crippen molar-refractivity contribution < 1.29 is 14.4 Å². The second kappa shape index (κ2) is 8.24. The summed E-state index contributed by atoms with van der Waals surface area (Å²) in [6.07, 6.45) is 5.28. The standard InChI is InChI=1S/C22H30N2O3/c1-4-7-20(25)23(17-8-5-6-9-17)19-14-21(26)24(22(19)27)18-12-10-16(11-13-18)15(2)3/h10-13,15,17,19H,4-9,14H2,1-3H3. The molecule has 1 unspecified atom stereocenters. The van der Waals surface area contributed by atoms with Gasteiger partial charge in [0.25, 0.3) is 5.91 Å². The number of carbonyl (C=O) groups excluding carboxylic acids is 3. The van der Waals surface area contributed by atoms with Gasteiger partial charge in [-0.2, -0.15) is 0 Å². The Morgan fingerprint density at radius 1 is 1.15 bits per heavy atom. The quantitative estimate of drug-likeness (QED) is 0.711. The molecule has 3 amide bonds. The third-order valence-electron chi connectivity index (χ3n) is 5.75. The number of rotatable bonds is 6. The van der Waals surface area contributed by atoms with E-state index in [0.717, 1.165) is 32.1 Å². The van der Waals surface area contributed by atoms with Crippen LogP contribution in [-0.2, 0) is 14.4 Å². The van der Waals surface area contributed by atoms with Gasteiger partial charge in [0.15, 0.2) is 0 Å². The van der Waals surface area contributed by atoms with Gasteiger partial charge in [0.05, 0.1) is 12.1 Å². The number of carbonyl (C=O) groups is 3. The average Bonchev–Trinajstić information content (AvgIpc) is 3.25. The van der Waals surface area contributed by atoms with Gasteiger partial charge in [0.2, 0.25) is 11.8 Å². The molecule has 0 radical (unpaired) electrons. The van der Waals surface area contributed by atoms with E-state index in [1.807, 2.05) is 31.2 Å². The zero-order valence-electron chi connectivity index (χ0n) is 16.6. The van der Waals surface area contributed by atoms with Crippen LogP contribution < -0.4 is 4.90 Å². The van der Waals surface area contributed by atoms with Crippen LogP contribution in [-0.4, -0.2) is 34.7 Å². The smallest absolute Gasteiger partial charge is 0.257 e. The van der Waals surface area contributed by atoms with Crippen LogP contribution in [0.25, 0.3) is 0 Å². The summed E-state index contributed by atoms with van der Waals surface area (Å²) >= 11 is 0. The number of amides is 3. The van der Waals surface area contributed by atoms with Gasteiger partial charge in [-0.05, 0) is 42.9 Å². The largest absolute Gasteiger partial charge is 0.327 e. The first-order chi connectivity index (χ1) is 12.9. The highest BCUT2D eigenvalue weighted by Gasteiger charge is 2.46. The maximum Gasteiger partial charge on any atom is 0.257 e. The summed E-state index contributed by atoms with van der Waals surface area (Å²) in [5, 5.41) is 0. The van der Waals surface area contributed by atoms with Crippen LogP contribution in [0.2, 0.25) is 0 Å². The van der Waals surface area contributed by atoms with Gasteiger partial charge in [0.1, 0.15) is 6.04 Å². The predicted molar refractivity (Wildman–Crippen MR) is 105 cm³/mol. The number of anilines is 1. The highest BCUT2D eigenvalue weighted by molar-refractivity contribution is 6.23. The topological polar surface area (TPSA) is 57.7 Å². The molecule has 0 spiro atoms. The fraction of sp³-hybridized carbons (Fsp3) is 0.591. The van der Waals surface area contributed by atoms with E-state index < -0.39 is 6.04 Å². The van der Waals surface area contributed by atoms with Crippen molar-refractivity contribution in [2.24, 2.45) is 0 Å². The van der Waals surface area contributed by atoms with Gasteiger partial charge in [-0.1, -0.05) is 45.7 Å². The number of imide groups is 1. The molecule has 0 bridgehead atoms. The van der Waals surface area contributed by atoms with Crippen LogP contribution >= 0.6 is 0 Å². The number of hydrogen-bond acceptors (Lipinski definition) is 3. The third-order valence-corrected chi connectivity index (χ3v) is 5.75. The summed E-state index contributed by atoms with van der Waals surface area (Å²) in [5.41, 5.74) is 1.77. The third kappa shape index (κ3) is 3.92. The highest BCUT2D eigenvalue weighted by Crippen LogP contribution is 2.32. The van der Waals surface area contributed by atoms with E-state index in [4.69, 9.17) is 0 Å². The Hall–Kier alpha value is -2.17. The highest BCUT2D eigenvalue weighted by atomic mass is 16.2. The van der Waals surface area contributed by atoms with Crippen molar-refractivity contribution in [1.82, 2.24) is 4.90 Å². The van der Waals surface area contributed by atoms with Gasteiger partial charge in [-0.15, -0.1) is 0 Å². The Kier molecular flexibility index (Phi) is 5.98. The molecular formula is C22H30N2O3. The number of benzene rings is 1. The molecule has 2 fully saturated rings. The molecule has 1 heterocycles. The van der Waals surface area contributed by atoms with Crippen LogP contribution in [0, 0.1) is 0 Å². The molecule has 1 aromatic rings. The van der Waals surface area contributed by atoms with Gasteiger partial charge >= 0.3 is 0 Å². The Balaban J connectivity index is 1.85. The molecule has 5 heteroatoms. The lowest BCUT2D eigenvalue weighted by Gasteiger charge is -2.33. The number of hydrogen-bond donors (Lipinski definition) is 0. The van der Waals surface area contributed by atoms with Crippen molar-refractivity contribution in [2.75, 3.05) is 4.90 Å². The minimum Gasteiger partial charge on any atom is -0.327 e. The van der Waals surface area contributed by atoms with Gasteiger partial charge < -0.3 is 4.90 Å². The van der Waals surface area contributed by atoms with Crippen molar-refractivity contribution in [3.63, 3.8) is 0 Å². The summed E-state index contributed by atoms with van der Waals surface area (Å²) in [4.78, 5) is 41.6. The molecule has 27 heavy (non-hydrogen) atoms. The SMILES string of the molecule is CCCC(=O)N(C1CCCC1)C1CC(=O)N(c2ccc(C(C)C)cc2)C1=O. The van der Waals surface area contributed by atoms with Crippen molar-refractivity contribution in [3.8, 4) is 0 Å². The van der Waals surface area contributed by atoms with E-state index in [9.17, 15) is 14.4 Å². The molecule has 0 aromatic heterocycles. The first kappa shape index (κ1) is 19.6. The molecule has 2 aliphatic rings. The van der Waals surface area contributed by atoms with E-state index in [0.29, 0.717) is 18.0 Å². The first-order valence-corrected chi connectivity index (χ1v) is 10.2. The predicted octanol–water partition coefficient (Wildman–Crippen LogP) is 4.01. The zero-order chi connectivity index (χ0) is 19.6. The molecule has 1 aliphatic carbocycles. The second-order valence-electron chi connectivity index (χ2n) is 8.02. The van der Waals surface area contributed by atoms with Crippen LogP contribution in [0.1, 0.15) is 77.2 Å². The summed E-state index contributed by atoms with van der Waals surface area (Å²) in [6, 6.07) is 7.04. The maximum atomic E-state index is 13.2. The molecule has 1 aliphatic heterocycles. The van der Waals surface area contributed by atoms with Crippen LogP contribution in [0.5, 0.6) is 0 Å². The summed E-state index contributed by atoms with van der Waals surface area (Å²) in [6.45, 7) is 6.18. The summed E-state index contributed by atoms with van der Waals surface area (Å²) < 4.78 is 0. The lowest BCUT2D eigenvalue weighted by atomic mass is 10.0. The molecule has 3 rings (SSSR count). The summed E-state index contributed by atoms with van der Waals surface area (Å²) in [5.74, 6) is -0.0721. The Bertz CT molecular complexity index is 705. The van der Waals surface area contributed by atoms with Gasteiger partial charge in [-0.25, -0.2) is 4.90 Å². The Labute approximate surface area is 161 Å². The van der Waals surface area contributed by atoms with Gasteiger partial charge in [0, 0.05) is 12.5 Å². The zero-order valence-corrected chi connectivity index (χ0v) is 16.6. The summed E-state index contributed by atoms with van der Waals surface area (Å²) in [7, 11) is 0. The fourth-order valence-electron chi connectivity index (χ4n) is 4.27. The van der Waals surface area contributed by atoms with Gasteiger partial charge in [-0.3, -0.25) is 14.4 Å². The molecule has 1 saturated heterocycles. The van der Waals surface area contributed by atoms with Crippen molar-refractivity contribution >= 4 is 23.4 Å². The maximum absolute atomic E-state index is 13.2. The van der Waals surface area contributed by atoms with Crippen LogP contribution in [0.4, 0.5) is 5.69 Å². The van der Waals surface area contributed by atoms with E-state index in [2.05, 4.69) is 13.8 Å². The van der Waals surface area contributed by atoms with Crippen molar-refractivity contribution in [1.29, 1.82) is 0 Å². The minimum atomic E-state index is -0.649. The molecule has 1 atom stereocenters. The number of nitrogens with zero attached hydrogens (tertiary/aromatic N) is 2. The normalized spacial score (nSPS) is 20.7. The molecular weight excluding hydrogens is 340 g/mol. The fourth-order valence-corrected chi connectivity index (χ4v) is 4.27. The molecule has 1 saturated carbocycles. The first-order valence-electron chi connectivity index (χ1n) is 10.2. The molecule has 1 aromatic carbocycles. The molecule has 5 nitrogen and oxygen atoms in total. The minimum absolute atomic E-state index is 0.00700. The van der Waals surface area contributed by atoms with E-state index >= 15 is 0 Å². The Morgan fingerprint density at radius 2 is 1.78 bits per heavy atom. The van der Waals surface area contributed by atoms with E-state index in [-0.39, 0.29) is 30.2 Å². The van der Waals surface area contributed by atoms with Crippen LogP contribution in [0.15, 0.2) is 24.3 Å². The van der Waals surface area contributed by atoms with Crippen molar-refractivity contribution in [2.45, 2.75) is 83.7 Å². The van der Waals surface area contributed by atoms with E-state index in [1.54, 1.807) is 4.90 Å². The monoisotopic (exact) mass is 370 g/mol.